The second-order valence-corrected chi connectivity index (χ2v) is 13.0. The zero-order chi connectivity index (χ0) is 34.1. The number of aromatic nitrogens is 4. The molecule has 0 atom stereocenters. The van der Waals surface area contributed by atoms with Gasteiger partial charge in [-0.15, -0.1) is 0 Å². The highest BCUT2D eigenvalue weighted by Crippen LogP contribution is 2.28. The average molecular weight is 684 g/mol. The number of nitrogens with one attached hydrogen (secondary N) is 1. The van der Waals surface area contributed by atoms with Crippen LogP contribution in [0, 0.1) is 0 Å². The van der Waals surface area contributed by atoms with Crippen LogP contribution in [0.1, 0.15) is 16.1 Å². The van der Waals surface area contributed by atoms with Gasteiger partial charge in [0.25, 0.3) is 15.9 Å². The molecule has 5 aromatic rings. The fourth-order valence-electron chi connectivity index (χ4n) is 5.33. The highest BCUT2D eigenvalue weighted by atomic mass is 32.2. The summed E-state index contributed by atoms with van der Waals surface area (Å²) in [5.74, 6) is 0.818. The third-order valence-corrected chi connectivity index (χ3v) is 9.08. The topological polar surface area (TPSA) is 124 Å². The van der Waals surface area contributed by atoms with Crippen molar-refractivity contribution in [3.63, 3.8) is 0 Å². The number of benzene rings is 2. The van der Waals surface area contributed by atoms with Crippen LogP contribution in [0.3, 0.4) is 0 Å². The second kappa shape index (κ2) is 13.2. The van der Waals surface area contributed by atoms with Crippen LogP contribution in [0.25, 0.3) is 10.9 Å². The van der Waals surface area contributed by atoms with Crippen LogP contribution in [0.4, 0.5) is 18.9 Å². The zero-order valence-electron chi connectivity index (χ0n) is 26.0. The number of sulfonamides is 1. The number of halogens is 3. The van der Waals surface area contributed by atoms with Crippen molar-refractivity contribution < 1.29 is 35.9 Å². The molecular formula is C32H32F3N7O5S. The first-order valence-electron chi connectivity index (χ1n) is 14.9. The molecule has 12 nitrogen and oxygen atoms in total. The van der Waals surface area contributed by atoms with E-state index >= 15 is 0 Å². The second-order valence-electron chi connectivity index (χ2n) is 11.3. The first kappa shape index (κ1) is 32.8. The first-order valence-corrected chi connectivity index (χ1v) is 16.4. The third kappa shape index (κ3) is 7.71. The molecule has 2 aromatic carbocycles. The van der Waals surface area contributed by atoms with E-state index in [1.54, 1.807) is 31.3 Å². The summed E-state index contributed by atoms with van der Waals surface area (Å²) in [6.07, 6.45) is -1.50. The number of carbonyl (C=O) groups is 1. The fourth-order valence-corrected chi connectivity index (χ4v) is 6.34. The molecule has 0 unspecified atom stereocenters. The molecule has 0 bridgehead atoms. The van der Waals surface area contributed by atoms with E-state index in [0.717, 1.165) is 16.5 Å². The Labute approximate surface area is 274 Å². The number of hydrogen-bond acceptors (Lipinski definition) is 8. The van der Waals surface area contributed by atoms with Gasteiger partial charge in [0.1, 0.15) is 17.2 Å². The number of amides is 1. The molecule has 3 aromatic heterocycles. The summed E-state index contributed by atoms with van der Waals surface area (Å²) in [6.45, 7) is 1.63. The van der Waals surface area contributed by atoms with Crippen LogP contribution in [0.2, 0.25) is 0 Å². The molecule has 1 aliphatic rings. The minimum Gasteiger partial charge on any atom is -0.484 e. The van der Waals surface area contributed by atoms with Crippen LogP contribution >= 0.6 is 0 Å². The normalized spacial score (nSPS) is 14.3. The van der Waals surface area contributed by atoms with Crippen molar-refractivity contribution in [2.24, 2.45) is 14.1 Å². The average Bonchev–Trinajstić information content (AvgIpc) is 3.64. The molecule has 4 heterocycles. The van der Waals surface area contributed by atoms with E-state index in [-0.39, 0.29) is 28.3 Å². The molecule has 1 fully saturated rings. The smallest absolute Gasteiger partial charge is 0.422 e. The number of carbonyl (C=O) groups excluding carboxylic acids is 1. The monoisotopic (exact) mass is 683 g/mol. The lowest BCUT2D eigenvalue weighted by Gasteiger charge is -2.34. The van der Waals surface area contributed by atoms with Crippen molar-refractivity contribution >= 4 is 32.5 Å². The predicted molar refractivity (Wildman–Crippen MR) is 170 cm³/mol. The van der Waals surface area contributed by atoms with E-state index in [0.29, 0.717) is 44.2 Å². The van der Waals surface area contributed by atoms with Gasteiger partial charge in [-0.1, -0.05) is 12.1 Å². The van der Waals surface area contributed by atoms with Gasteiger partial charge in [-0.2, -0.15) is 26.7 Å². The molecule has 252 valence electrons. The van der Waals surface area contributed by atoms with Gasteiger partial charge in [-0.3, -0.25) is 19.1 Å². The summed E-state index contributed by atoms with van der Waals surface area (Å²) in [5, 5.41) is 4.67. The lowest BCUT2D eigenvalue weighted by Crippen LogP contribution is -2.48. The highest BCUT2D eigenvalue weighted by molar-refractivity contribution is 7.92. The van der Waals surface area contributed by atoms with Crippen molar-refractivity contribution in [3.05, 3.63) is 90.4 Å². The van der Waals surface area contributed by atoms with Gasteiger partial charge in [-0.05, 0) is 48.0 Å². The number of anilines is 1. The van der Waals surface area contributed by atoms with Crippen molar-refractivity contribution in [2.75, 3.05) is 37.5 Å². The maximum Gasteiger partial charge on any atom is 0.422 e. The summed E-state index contributed by atoms with van der Waals surface area (Å²) in [7, 11) is -0.414. The lowest BCUT2D eigenvalue weighted by atomic mass is 10.2. The number of hydrogen-bond donors (Lipinski definition) is 1. The van der Waals surface area contributed by atoms with Crippen molar-refractivity contribution in [3.8, 4) is 17.4 Å². The number of nitrogens with zero attached hydrogens (tertiary/aromatic N) is 6. The summed E-state index contributed by atoms with van der Waals surface area (Å²) in [4.78, 5) is 21.7. The van der Waals surface area contributed by atoms with E-state index in [1.807, 2.05) is 34.7 Å². The van der Waals surface area contributed by atoms with E-state index < -0.39 is 22.8 Å². The van der Waals surface area contributed by atoms with Crippen LogP contribution < -0.4 is 14.2 Å². The Morgan fingerprint density at radius 2 is 1.67 bits per heavy atom. The quantitative estimate of drug-likeness (QED) is 0.223. The van der Waals surface area contributed by atoms with Gasteiger partial charge in [0.05, 0.1) is 17.4 Å². The molecule has 0 spiro atoms. The number of ether oxygens (including phenoxy) is 2. The van der Waals surface area contributed by atoms with Crippen LogP contribution in [-0.2, 0) is 30.7 Å². The number of pyridine rings is 1. The zero-order valence-corrected chi connectivity index (χ0v) is 26.8. The highest BCUT2D eigenvalue weighted by Gasteiger charge is 2.28. The van der Waals surface area contributed by atoms with Gasteiger partial charge in [0.2, 0.25) is 5.88 Å². The van der Waals surface area contributed by atoms with Crippen LogP contribution in [0.15, 0.2) is 84.1 Å². The largest absolute Gasteiger partial charge is 0.484 e. The first-order chi connectivity index (χ1) is 22.8. The molecule has 1 N–H and O–H groups in total. The number of alkyl halides is 3. The number of piperazine rings is 1. The van der Waals surface area contributed by atoms with Gasteiger partial charge >= 0.3 is 6.18 Å². The number of aryl methyl sites for hydroxylation is 2. The standard InChI is InChI=1S/C32H32F3N7O5S/c1-39-12-11-30(37-39)48(44,45)38-24-6-10-29(36-19-24)47-26-9-5-23-17-28(40(2)27(23)18-26)31(43)42-15-13-41(14-16-42)20-22-3-7-25(8-4-22)46-21-32(33,34)35/h3-12,17-19,38H,13-16,20-21H2,1-2H3. The summed E-state index contributed by atoms with van der Waals surface area (Å²) in [5.41, 5.74) is 2.52. The molecule has 0 saturated carbocycles. The molecule has 1 aliphatic heterocycles. The third-order valence-electron chi connectivity index (χ3n) is 7.80. The summed E-state index contributed by atoms with van der Waals surface area (Å²) < 4.78 is 78.6. The van der Waals surface area contributed by atoms with E-state index in [2.05, 4.69) is 19.7 Å². The minimum atomic E-state index is -4.39. The maximum atomic E-state index is 13.5. The Kier molecular flexibility index (Phi) is 9.03. The fraction of sp³-hybridized carbons (Fsp3) is 0.281. The molecule has 0 radical (unpaired) electrons. The van der Waals surface area contributed by atoms with Gasteiger partial charge in [0.15, 0.2) is 11.6 Å². The van der Waals surface area contributed by atoms with Crippen molar-refractivity contribution in [1.82, 2.24) is 29.1 Å². The Hall–Kier alpha value is -5.09. The molecular weight excluding hydrogens is 651 g/mol. The predicted octanol–water partition coefficient (Wildman–Crippen LogP) is 4.80. The Morgan fingerprint density at radius 1 is 0.938 bits per heavy atom. The van der Waals surface area contributed by atoms with E-state index in [1.165, 1.54) is 41.3 Å². The lowest BCUT2D eigenvalue weighted by molar-refractivity contribution is -0.153. The molecule has 1 saturated heterocycles. The SMILES string of the molecule is Cn1ccc(S(=O)(=O)Nc2ccc(Oc3ccc4cc(C(=O)N5CCN(Cc6ccc(OCC(F)(F)F)cc6)CC5)n(C)c4c3)nc2)n1. The van der Waals surface area contributed by atoms with Crippen LogP contribution in [0.5, 0.6) is 17.4 Å². The number of rotatable bonds is 10. The Balaban J connectivity index is 1.04. The number of fused-ring (bicyclic) bond motifs is 1. The van der Waals surface area contributed by atoms with Gasteiger partial charge < -0.3 is 18.9 Å². The molecule has 0 aliphatic carbocycles. The summed E-state index contributed by atoms with van der Waals surface area (Å²) in [6, 6.07) is 18.3. The molecule has 48 heavy (non-hydrogen) atoms. The minimum absolute atomic E-state index is 0.0904. The van der Waals surface area contributed by atoms with Crippen LogP contribution in [-0.4, -0.2) is 82.4 Å². The van der Waals surface area contributed by atoms with Crippen molar-refractivity contribution in [2.45, 2.75) is 17.7 Å². The summed E-state index contributed by atoms with van der Waals surface area (Å²) >= 11 is 0. The molecule has 1 amide bonds. The Morgan fingerprint density at radius 3 is 2.31 bits per heavy atom. The molecule has 6 rings (SSSR count). The maximum absolute atomic E-state index is 13.5. The van der Waals surface area contributed by atoms with E-state index in [9.17, 15) is 26.4 Å². The van der Waals surface area contributed by atoms with E-state index in [4.69, 9.17) is 9.47 Å². The van der Waals surface area contributed by atoms with Gasteiger partial charge in [-0.25, -0.2) is 4.98 Å². The molecule has 16 heteroatoms. The van der Waals surface area contributed by atoms with Crippen molar-refractivity contribution in [1.29, 1.82) is 0 Å². The Bertz CT molecular complexity index is 2020. The van der Waals surface area contributed by atoms with Gasteiger partial charge in [0, 0.05) is 70.5 Å².